The summed E-state index contributed by atoms with van der Waals surface area (Å²) < 4.78 is 0. The van der Waals surface area contributed by atoms with E-state index in [4.69, 9.17) is 23.2 Å². The molecular weight excluding hydrogens is 295 g/mol. The van der Waals surface area contributed by atoms with Gasteiger partial charge in [0.1, 0.15) is 5.15 Å². The van der Waals surface area contributed by atoms with Crippen LogP contribution in [0.1, 0.15) is 28.5 Å². The zero-order chi connectivity index (χ0) is 14.7. The van der Waals surface area contributed by atoms with Gasteiger partial charge in [0.25, 0.3) is 5.91 Å². The fourth-order valence-corrected chi connectivity index (χ4v) is 2.33. The zero-order valence-corrected chi connectivity index (χ0v) is 12.7. The molecule has 3 nitrogen and oxygen atoms in total. The lowest BCUT2D eigenvalue weighted by Crippen LogP contribution is -2.14. The minimum Gasteiger partial charge on any atom is -0.320 e. The standard InChI is InChI=1S/C15H14Cl2N2O/c1-3-11-7-10(8-13(17)18-11)15(20)19-14-9(2)5-4-6-12(14)16/h4-8H,3H2,1-2H3,(H,19,20). The maximum Gasteiger partial charge on any atom is 0.255 e. The summed E-state index contributed by atoms with van der Waals surface area (Å²) in [6.07, 6.45) is 0.714. The lowest BCUT2D eigenvalue weighted by atomic mass is 10.1. The van der Waals surface area contributed by atoms with Crippen LogP contribution in [0.3, 0.4) is 0 Å². The molecule has 0 saturated carbocycles. The van der Waals surface area contributed by atoms with Crippen LogP contribution in [-0.4, -0.2) is 10.9 Å². The van der Waals surface area contributed by atoms with Crippen molar-refractivity contribution in [3.63, 3.8) is 0 Å². The number of carbonyl (C=O) groups excluding carboxylic acids is 1. The Kier molecular flexibility index (Phi) is 4.63. The number of pyridine rings is 1. The summed E-state index contributed by atoms with van der Waals surface area (Å²) in [4.78, 5) is 16.4. The molecule has 0 fully saturated rings. The summed E-state index contributed by atoms with van der Waals surface area (Å²) in [5.74, 6) is -0.250. The van der Waals surface area contributed by atoms with Gasteiger partial charge in [-0.3, -0.25) is 4.79 Å². The molecule has 1 aromatic heterocycles. The molecule has 104 valence electrons. The van der Waals surface area contributed by atoms with Crippen LogP contribution in [0.4, 0.5) is 5.69 Å². The van der Waals surface area contributed by atoms with E-state index in [1.807, 2.05) is 26.0 Å². The van der Waals surface area contributed by atoms with Crippen molar-refractivity contribution in [3.05, 3.63) is 57.3 Å². The molecule has 0 radical (unpaired) electrons. The van der Waals surface area contributed by atoms with Gasteiger partial charge in [0.2, 0.25) is 0 Å². The van der Waals surface area contributed by atoms with E-state index in [1.54, 1.807) is 18.2 Å². The molecule has 1 aromatic carbocycles. The molecule has 1 amide bonds. The Labute approximate surface area is 127 Å². The normalized spacial score (nSPS) is 10.4. The minimum absolute atomic E-state index is 0.250. The lowest BCUT2D eigenvalue weighted by Gasteiger charge is -2.11. The van der Waals surface area contributed by atoms with E-state index in [-0.39, 0.29) is 5.91 Å². The van der Waals surface area contributed by atoms with Gasteiger partial charge in [0, 0.05) is 11.3 Å². The number of nitrogens with one attached hydrogen (secondary N) is 1. The van der Waals surface area contributed by atoms with E-state index in [0.29, 0.717) is 27.8 Å². The third-order valence-electron chi connectivity index (χ3n) is 2.93. The van der Waals surface area contributed by atoms with Crippen LogP contribution in [0, 0.1) is 6.92 Å². The largest absolute Gasteiger partial charge is 0.320 e. The Bertz CT molecular complexity index is 636. The molecule has 0 saturated heterocycles. The van der Waals surface area contributed by atoms with Crippen LogP contribution in [0.15, 0.2) is 30.3 Å². The molecule has 0 bridgehead atoms. The second kappa shape index (κ2) is 6.25. The average molecular weight is 309 g/mol. The second-order valence-corrected chi connectivity index (χ2v) is 5.20. The first-order chi connectivity index (χ1) is 9.51. The van der Waals surface area contributed by atoms with E-state index in [1.165, 1.54) is 0 Å². The predicted molar refractivity (Wildman–Crippen MR) is 82.8 cm³/mol. The van der Waals surface area contributed by atoms with Crippen LogP contribution in [0.5, 0.6) is 0 Å². The second-order valence-electron chi connectivity index (χ2n) is 4.41. The predicted octanol–water partition coefficient (Wildman–Crippen LogP) is 4.51. The number of aromatic nitrogens is 1. The van der Waals surface area contributed by atoms with Crippen molar-refractivity contribution in [1.29, 1.82) is 0 Å². The van der Waals surface area contributed by atoms with E-state index in [2.05, 4.69) is 10.3 Å². The molecule has 1 N–H and O–H groups in total. The number of carbonyl (C=O) groups is 1. The van der Waals surface area contributed by atoms with Gasteiger partial charge < -0.3 is 5.32 Å². The molecule has 0 spiro atoms. The highest BCUT2D eigenvalue weighted by molar-refractivity contribution is 6.34. The number of amides is 1. The highest BCUT2D eigenvalue weighted by Crippen LogP contribution is 2.26. The number of nitrogens with zero attached hydrogens (tertiary/aromatic N) is 1. The number of halogens is 2. The molecule has 20 heavy (non-hydrogen) atoms. The molecule has 1 heterocycles. The summed E-state index contributed by atoms with van der Waals surface area (Å²) in [6.45, 7) is 3.84. The first kappa shape index (κ1) is 14.8. The Morgan fingerprint density at radius 3 is 2.70 bits per heavy atom. The molecule has 2 aromatic rings. The van der Waals surface area contributed by atoms with Gasteiger partial charge in [-0.2, -0.15) is 0 Å². The Hall–Kier alpha value is -1.58. The van der Waals surface area contributed by atoms with Gasteiger partial charge in [-0.1, -0.05) is 42.3 Å². The Morgan fingerprint density at radius 2 is 2.05 bits per heavy atom. The van der Waals surface area contributed by atoms with Gasteiger partial charge in [-0.15, -0.1) is 0 Å². The monoisotopic (exact) mass is 308 g/mol. The maximum atomic E-state index is 12.3. The summed E-state index contributed by atoms with van der Waals surface area (Å²) in [6, 6.07) is 8.74. The van der Waals surface area contributed by atoms with Crippen molar-refractivity contribution in [3.8, 4) is 0 Å². The van der Waals surface area contributed by atoms with Gasteiger partial charge >= 0.3 is 0 Å². The van der Waals surface area contributed by atoms with Gasteiger partial charge in [-0.25, -0.2) is 4.98 Å². The topological polar surface area (TPSA) is 42.0 Å². The molecule has 0 aliphatic heterocycles. The highest BCUT2D eigenvalue weighted by Gasteiger charge is 2.12. The fourth-order valence-electron chi connectivity index (χ4n) is 1.84. The van der Waals surface area contributed by atoms with Crippen molar-refractivity contribution in [2.75, 3.05) is 5.32 Å². The number of anilines is 1. The van der Waals surface area contributed by atoms with Crippen LogP contribution in [0.25, 0.3) is 0 Å². The van der Waals surface area contributed by atoms with Gasteiger partial charge in [0.05, 0.1) is 10.7 Å². The van der Waals surface area contributed by atoms with E-state index in [0.717, 1.165) is 11.3 Å². The molecule has 0 atom stereocenters. The van der Waals surface area contributed by atoms with Gasteiger partial charge in [-0.05, 0) is 37.1 Å². The number of para-hydroxylation sites is 1. The quantitative estimate of drug-likeness (QED) is 0.848. The molecule has 5 heteroatoms. The van der Waals surface area contributed by atoms with Crippen LogP contribution in [-0.2, 0) is 6.42 Å². The summed E-state index contributed by atoms with van der Waals surface area (Å²) in [7, 11) is 0. The Morgan fingerprint density at radius 1 is 1.30 bits per heavy atom. The highest BCUT2D eigenvalue weighted by atomic mass is 35.5. The van der Waals surface area contributed by atoms with Crippen molar-refractivity contribution in [2.24, 2.45) is 0 Å². The van der Waals surface area contributed by atoms with Crippen molar-refractivity contribution < 1.29 is 4.79 Å². The van der Waals surface area contributed by atoms with Crippen LogP contribution in [0.2, 0.25) is 10.2 Å². The van der Waals surface area contributed by atoms with Crippen molar-refractivity contribution in [2.45, 2.75) is 20.3 Å². The van der Waals surface area contributed by atoms with Crippen molar-refractivity contribution in [1.82, 2.24) is 4.98 Å². The third kappa shape index (κ3) is 3.30. The SMILES string of the molecule is CCc1cc(C(=O)Nc2c(C)cccc2Cl)cc(Cl)n1. The molecular formula is C15H14Cl2N2O. The van der Waals surface area contributed by atoms with Gasteiger partial charge in [0.15, 0.2) is 0 Å². The smallest absolute Gasteiger partial charge is 0.255 e. The van der Waals surface area contributed by atoms with Crippen molar-refractivity contribution >= 4 is 34.8 Å². The molecule has 2 rings (SSSR count). The fraction of sp³-hybridized carbons (Fsp3) is 0.200. The van der Waals surface area contributed by atoms with E-state index >= 15 is 0 Å². The number of benzene rings is 1. The molecule has 0 unspecified atom stereocenters. The minimum atomic E-state index is -0.250. The summed E-state index contributed by atoms with van der Waals surface area (Å²) in [5.41, 5.74) is 2.77. The lowest BCUT2D eigenvalue weighted by molar-refractivity contribution is 0.102. The maximum absolute atomic E-state index is 12.3. The average Bonchev–Trinajstić information content (AvgIpc) is 2.42. The number of aryl methyl sites for hydroxylation is 2. The first-order valence-electron chi connectivity index (χ1n) is 6.24. The first-order valence-corrected chi connectivity index (χ1v) is 6.99. The van der Waals surface area contributed by atoms with E-state index < -0.39 is 0 Å². The number of hydrogen-bond donors (Lipinski definition) is 1. The molecule has 0 aliphatic carbocycles. The third-order valence-corrected chi connectivity index (χ3v) is 3.44. The Balaban J connectivity index is 2.31. The van der Waals surface area contributed by atoms with Crippen LogP contribution >= 0.6 is 23.2 Å². The summed E-state index contributed by atoms with van der Waals surface area (Å²) in [5, 5.41) is 3.64. The van der Waals surface area contributed by atoms with Crippen LogP contribution < -0.4 is 5.32 Å². The zero-order valence-electron chi connectivity index (χ0n) is 11.2. The number of rotatable bonds is 3. The summed E-state index contributed by atoms with van der Waals surface area (Å²) >= 11 is 12.0. The van der Waals surface area contributed by atoms with E-state index in [9.17, 15) is 4.79 Å². The molecule has 0 aliphatic rings. The number of hydrogen-bond acceptors (Lipinski definition) is 2.